The summed E-state index contributed by atoms with van der Waals surface area (Å²) >= 11 is 1.18. The van der Waals surface area contributed by atoms with E-state index in [0.717, 1.165) is 0 Å². The second kappa shape index (κ2) is 6.19. The van der Waals surface area contributed by atoms with E-state index < -0.39 is 5.82 Å². The van der Waals surface area contributed by atoms with Gasteiger partial charge in [-0.2, -0.15) is 0 Å². The molecule has 0 saturated heterocycles. The first-order valence-corrected chi connectivity index (χ1v) is 7.21. The summed E-state index contributed by atoms with van der Waals surface area (Å²) in [6.07, 6.45) is 0.622. The Morgan fingerprint density at radius 2 is 2.30 bits per heavy atom. The van der Waals surface area contributed by atoms with E-state index in [2.05, 4.69) is 5.32 Å². The standard InChI is InChI=1S/C14H17FN2O2S/c1-8(5-6-18)7-17-14(19)13-12(16)11-9(15)3-2-4-10(11)20-13/h2-4,8,18H,5-7,16H2,1H3,(H,17,19). The molecule has 0 saturated carbocycles. The highest BCUT2D eigenvalue weighted by atomic mass is 32.1. The minimum absolute atomic E-state index is 0.0906. The number of aliphatic hydroxyl groups excluding tert-OH is 1. The Morgan fingerprint density at radius 1 is 1.55 bits per heavy atom. The molecule has 1 amide bonds. The van der Waals surface area contributed by atoms with Crippen molar-refractivity contribution < 1.29 is 14.3 Å². The van der Waals surface area contributed by atoms with Crippen LogP contribution in [0.4, 0.5) is 10.1 Å². The zero-order chi connectivity index (χ0) is 14.7. The third kappa shape index (κ3) is 2.91. The van der Waals surface area contributed by atoms with Gasteiger partial charge in [0.05, 0.1) is 11.1 Å². The molecule has 2 aromatic rings. The van der Waals surface area contributed by atoms with Gasteiger partial charge in [-0.25, -0.2) is 4.39 Å². The quantitative estimate of drug-likeness (QED) is 0.793. The highest BCUT2D eigenvalue weighted by molar-refractivity contribution is 7.21. The molecular weight excluding hydrogens is 279 g/mol. The molecule has 0 fully saturated rings. The summed E-state index contributed by atoms with van der Waals surface area (Å²) in [6, 6.07) is 4.67. The number of thiophene rings is 1. The number of halogens is 1. The number of hydrogen-bond acceptors (Lipinski definition) is 4. The number of aliphatic hydroxyl groups is 1. The summed E-state index contributed by atoms with van der Waals surface area (Å²) in [4.78, 5) is 12.4. The zero-order valence-corrected chi connectivity index (χ0v) is 12.0. The number of hydrogen-bond donors (Lipinski definition) is 3. The number of carbonyl (C=O) groups is 1. The molecule has 6 heteroatoms. The Bertz CT molecular complexity index is 627. The maximum Gasteiger partial charge on any atom is 0.263 e. The fourth-order valence-corrected chi connectivity index (χ4v) is 3.02. The first-order valence-electron chi connectivity index (χ1n) is 6.40. The highest BCUT2D eigenvalue weighted by Gasteiger charge is 2.18. The van der Waals surface area contributed by atoms with E-state index >= 15 is 0 Å². The van der Waals surface area contributed by atoms with Crippen molar-refractivity contribution in [1.82, 2.24) is 5.32 Å². The number of amides is 1. The number of carbonyl (C=O) groups excluding carboxylic acids is 1. The first kappa shape index (κ1) is 14.7. The van der Waals surface area contributed by atoms with E-state index in [0.29, 0.717) is 27.9 Å². The lowest BCUT2D eigenvalue weighted by molar-refractivity contribution is 0.0950. The lowest BCUT2D eigenvalue weighted by Gasteiger charge is -2.10. The molecule has 0 aliphatic heterocycles. The predicted molar refractivity (Wildman–Crippen MR) is 79.4 cm³/mol. The average molecular weight is 296 g/mol. The maximum absolute atomic E-state index is 13.7. The molecule has 4 N–H and O–H groups in total. The number of nitrogens with one attached hydrogen (secondary N) is 1. The number of rotatable bonds is 5. The summed E-state index contributed by atoms with van der Waals surface area (Å²) in [5, 5.41) is 11.9. The molecule has 1 unspecified atom stereocenters. The fourth-order valence-electron chi connectivity index (χ4n) is 1.97. The largest absolute Gasteiger partial charge is 0.397 e. The van der Waals surface area contributed by atoms with Gasteiger partial charge in [-0.3, -0.25) is 4.79 Å². The molecule has 108 valence electrons. The molecule has 4 nitrogen and oxygen atoms in total. The minimum atomic E-state index is -0.413. The zero-order valence-electron chi connectivity index (χ0n) is 11.1. The van der Waals surface area contributed by atoms with Crippen molar-refractivity contribution in [3.05, 3.63) is 28.9 Å². The van der Waals surface area contributed by atoms with Gasteiger partial charge in [-0.05, 0) is 24.5 Å². The van der Waals surface area contributed by atoms with Crippen molar-refractivity contribution >= 4 is 33.0 Å². The summed E-state index contributed by atoms with van der Waals surface area (Å²) in [6.45, 7) is 2.48. The Balaban J connectivity index is 2.19. The lowest BCUT2D eigenvalue weighted by atomic mass is 10.1. The molecule has 0 aliphatic rings. The van der Waals surface area contributed by atoms with E-state index in [4.69, 9.17) is 10.8 Å². The van der Waals surface area contributed by atoms with Crippen LogP contribution in [0.2, 0.25) is 0 Å². The normalized spacial score (nSPS) is 12.6. The summed E-state index contributed by atoms with van der Waals surface area (Å²) in [7, 11) is 0. The number of fused-ring (bicyclic) bond motifs is 1. The molecule has 0 radical (unpaired) electrons. The Hall–Kier alpha value is -1.66. The van der Waals surface area contributed by atoms with Crippen LogP contribution < -0.4 is 11.1 Å². The van der Waals surface area contributed by atoms with E-state index in [1.165, 1.54) is 17.4 Å². The van der Waals surface area contributed by atoms with Crippen LogP contribution in [0.3, 0.4) is 0 Å². The topological polar surface area (TPSA) is 75.3 Å². The molecule has 2 rings (SSSR count). The van der Waals surface area contributed by atoms with Gasteiger partial charge >= 0.3 is 0 Å². The fraction of sp³-hybridized carbons (Fsp3) is 0.357. The second-order valence-electron chi connectivity index (χ2n) is 4.79. The highest BCUT2D eigenvalue weighted by Crippen LogP contribution is 2.35. The van der Waals surface area contributed by atoms with E-state index in [1.807, 2.05) is 6.92 Å². The molecule has 1 atom stereocenters. The molecule has 1 heterocycles. The van der Waals surface area contributed by atoms with Gasteiger partial charge < -0.3 is 16.2 Å². The minimum Gasteiger partial charge on any atom is -0.397 e. The Labute approximate surface area is 120 Å². The van der Waals surface area contributed by atoms with Crippen molar-refractivity contribution in [3.63, 3.8) is 0 Å². The number of nitrogen functional groups attached to an aromatic ring is 1. The monoisotopic (exact) mass is 296 g/mol. The summed E-state index contributed by atoms with van der Waals surface area (Å²) in [5.41, 5.74) is 6.07. The van der Waals surface area contributed by atoms with Crippen LogP contribution in [0.25, 0.3) is 10.1 Å². The number of anilines is 1. The second-order valence-corrected chi connectivity index (χ2v) is 5.84. The van der Waals surface area contributed by atoms with Gasteiger partial charge in [0, 0.05) is 17.9 Å². The van der Waals surface area contributed by atoms with Gasteiger partial charge in [-0.15, -0.1) is 11.3 Å². The SMILES string of the molecule is CC(CCO)CNC(=O)c1sc2cccc(F)c2c1N. The number of benzene rings is 1. The molecular formula is C14H17FN2O2S. The van der Waals surface area contributed by atoms with Crippen LogP contribution in [0.15, 0.2) is 18.2 Å². The predicted octanol–water partition coefficient (Wildman–Crippen LogP) is 2.37. The Kier molecular flexibility index (Phi) is 4.57. The van der Waals surface area contributed by atoms with E-state index in [-0.39, 0.29) is 24.1 Å². The van der Waals surface area contributed by atoms with Crippen LogP contribution in [-0.4, -0.2) is 24.2 Å². The van der Waals surface area contributed by atoms with Gasteiger partial charge in [0.15, 0.2) is 0 Å². The molecule has 20 heavy (non-hydrogen) atoms. The summed E-state index contributed by atoms with van der Waals surface area (Å²) < 4.78 is 14.4. The van der Waals surface area contributed by atoms with Crippen LogP contribution in [0, 0.1) is 11.7 Å². The van der Waals surface area contributed by atoms with Crippen molar-refractivity contribution in [2.24, 2.45) is 5.92 Å². The van der Waals surface area contributed by atoms with Gasteiger partial charge in [0.1, 0.15) is 10.7 Å². The first-order chi connectivity index (χ1) is 9.54. The van der Waals surface area contributed by atoms with E-state index in [9.17, 15) is 9.18 Å². The van der Waals surface area contributed by atoms with E-state index in [1.54, 1.807) is 12.1 Å². The van der Waals surface area contributed by atoms with Crippen molar-refractivity contribution in [3.8, 4) is 0 Å². The van der Waals surface area contributed by atoms with Crippen molar-refractivity contribution in [1.29, 1.82) is 0 Å². The van der Waals surface area contributed by atoms with Crippen molar-refractivity contribution in [2.75, 3.05) is 18.9 Å². The van der Waals surface area contributed by atoms with Crippen LogP contribution in [0.5, 0.6) is 0 Å². The average Bonchev–Trinajstić information content (AvgIpc) is 2.75. The summed E-state index contributed by atoms with van der Waals surface area (Å²) in [5.74, 6) is -0.534. The van der Waals surface area contributed by atoms with Gasteiger partial charge in [0.25, 0.3) is 5.91 Å². The maximum atomic E-state index is 13.7. The van der Waals surface area contributed by atoms with Crippen LogP contribution >= 0.6 is 11.3 Å². The third-order valence-electron chi connectivity index (χ3n) is 3.14. The molecule has 1 aromatic heterocycles. The third-order valence-corrected chi connectivity index (χ3v) is 4.31. The molecule has 0 spiro atoms. The van der Waals surface area contributed by atoms with Crippen LogP contribution in [-0.2, 0) is 0 Å². The smallest absolute Gasteiger partial charge is 0.263 e. The van der Waals surface area contributed by atoms with Gasteiger partial charge in [0.2, 0.25) is 0 Å². The Morgan fingerprint density at radius 3 is 2.95 bits per heavy atom. The van der Waals surface area contributed by atoms with Crippen molar-refractivity contribution in [2.45, 2.75) is 13.3 Å². The van der Waals surface area contributed by atoms with Crippen LogP contribution in [0.1, 0.15) is 23.0 Å². The van der Waals surface area contributed by atoms with Gasteiger partial charge in [-0.1, -0.05) is 13.0 Å². The lowest BCUT2D eigenvalue weighted by Crippen LogP contribution is -2.28. The molecule has 0 bridgehead atoms. The molecule has 0 aliphatic carbocycles. The number of nitrogens with two attached hydrogens (primary N) is 1. The molecule has 1 aromatic carbocycles.